The molecule has 8 nitrogen and oxygen atoms in total. The van der Waals surface area contributed by atoms with Gasteiger partial charge in [0.25, 0.3) is 0 Å². The van der Waals surface area contributed by atoms with Gasteiger partial charge < -0.3 is 43.8 Å². The molecule has 0 aromatic heterocycles. The zero-order valence-corrected chi connectivity index (χ0v) is 5.30. The van der Waals surface area contributed by atoms with Crippen LogP contribution in [0.2, 0.25) is 0 Å². The van der Waals surface area contributed by atoms with Crippen molar-refractivity contribution in [2.75, 3.05) is 0 Å². The molecule has 0 heterocycles. The van der Waals surface area contributed by atoms with Gasteiger partial charge in [-0.05, 0) is 0 Å². The van der Waals surface area contributed by atoms with Gasteiger partial charge in [-0.2, -0.15) is 0 Å². The zero-order chi connectivity index (χ0) is 0. The number of hydrogen-bond acceptors (Lipinski definition) is 0. The molecule has 0 radical (unpaired) electrons. The van der Waals surface area contributed by atoms with Crippen LogP contribution in [0.3, 0.4) is 0 Å². The molecule has 0 unspecified atom stereocenters. The largest absolute Gasteiger partial charge is 0.412 e. The Morgan fingerprint density at radius 1 is 0.222 bits per heavy atom. The molecule has 9 heavy (non-hydrogen) atoms. The summed E-state index contributed by atoms with van der Waals surface area (Å²) >= 11 is 0. The van der Waals surface area contributed by atoms with Crippen molar-refractivity contribution in [3.05, 3.63) is 0 Å². The van der Waals surface area contributed by atoms with E-state index in [1.165, 1.54) is 0 Å². The molecule has 0 spiro atoms. The van der Waals surface area contributed by atoms with Crippen molar-refractivity contribution in [3.8, 4) is 0 Å². The zero-order valence-electron chi connectivity index (χ0n) is 4.32. The van der Waals surface area contributed by atoms with Gasteiger partial charge in [0.05, 0.1) is 0 Å². The molecule has 0 aliphatic rings. The van der Waals surface area contributed by atoms with E-state index in [-0.39, 0.29) is 60.3 Å². The van der Waals surface area contributed by atoms with Crippen LogP contribution in [0.15, 0.2) is 0 Å². The van der Waals surface area contributed by atoms with Crippen molar-refractivity contribution in [2.45, 2.75) is 0 Å². The van der Waals surface area contributed by atoms with Gasteiger partial charge >= 0.3 is 0 Å². The summed E-state index contributed by atoms with van der Waals surface area (Å²) in [7, 11) is 0. The van der Waals surface area contributed by atoms with Crippen molar-refractivity contribution in [2.24, 2.45) is 0 Å². The van der Waals surface area contributed by atoms with Crippen LogP contribution >= 0.6 is 0 Å². The first-order chi connectivity index (χ1) is 0. The molecule has 0 atom stereocenters. The molecular formula is H16NiO8. The van der Waals surface area contributed by atoms with E-state index < -0.39 is 0 Å². The van der Waals surface area contributed by atoms with E-state index in [9.17, 15) is 0 Å². The van der Waals surface area contributed by atoms with Crippen LogP contribution < -0.4 is 0 Å². The van der Waals surface area contributed by atoms with Gasteiger partial charge in [-0.15, -0.1) is 0 Å². The first kappa shape index (κ1) is 20400. The Balaban J connectivity index is 0. The number of hydrogen-bond donors (Lipinski definition) is 0. The summed E-state index contributed by atoms with van der Waals surface area (Å²) < 4.78 is 0. The van der Waals surface area contributed by atoms with Crippen LogP contribution in [0, 0.1) is 0 Å². The molecule has 0 amide bonds. The molecular weight excluding hydrogens is 187 g/mol. The summed E-state index contributed by atoms with van der Waals surface area (Å²) in [4.78, 5) is 0. The van der Waals surface area contributed by atoms with E-state index in [1.807, 2.05) is 0 Å². The molecule has 16 N–H and O–H groups in total. The topological polar surface area (TPSA) is 252 Å². The molecule has 0 aromatic rings. The molecule has 74 valence electrons. The normalized spacial score (nSPS) is 0. The van der Waals surface area contributed by atoms with Crippen LogP contribution in [0.1, 0.15) is 0 Å². The smallest absolute Gasteiger partial charge is 0 e. The Kier molecular flexibility index (Phi) is 31600000. The maximum atomic E-state index is 0. The van der Waals surface area contributed by atoms with Crippen molar-refractivity contribution >= 4 is 0 Å². The second-order valence-electron chi connectivity index (χ2n) is 0. The summed E-state index contributed by atoms with van der Waals surface area (Å²) in [6.07, 6.45) is 0. The standard InChI is InChI=1S/Ni.8H2O/h;8*1H2. The van der Waals surface area contributed by atoms with Crippen LogP contribution in [0.25, 0.3) is 0 Å². The minimum absolute atomic E-state index is 0. The summed E-state index contributed by atoms with van der Waals surface area (Å²) in [5.74, 6) is 0. The monoisotopic (exact) mass is 202 g/mol. The maximum absolute atomic E-state index is 0. The summed E-state index contributed by atoms with van der Waals surface area (Å²) in [5.41, 5.74) is 0. The predicted octanol–water partition coefficient (Wildman–Crippen LogP) is -6.60. The van der Waals surface area contributed by atoms with Gasteiger partial charge in [0.1, 0.15) is 0 Å². The van der Waals surface area contributed by atoms with Gasteiger partial charge in [0.15, 0.2) is 0 Å². The first-order valence-electron chi connectivity index (χ1n) is 0. The molecule has 0 saturated carbocycles. The first-order valence-corrected chi connectivity index (χ1v) is 0. The predicted molar refractivity (Wildman–Crippen MR) is 28.9 cm³/mol. The molecule has 9 heteroatoms. The van der Waals surface area contributed by atoms with Crippen molar-refractivity contribution in [3.63, 3.8) is 0 Å². The Morgan fingerprint density at radius 2 is 0.222 bits per heavy atom. The molecule has 0 bridgehead atoms. The van der Waals surface area contributed by atoms with Crippen LogP contribution in [0.4, 0.5) is 0 Å². The summed E-state index contributed by atoms with van der Waals surface area (Å²) in [5, 5.41) is 0. The summed E-state index contributed by atoms with van der Waals surface area (Å²) in [6.45, 7) is 0. The summed E-state index contributed by atoms with van der Waals surface area (Å²) in [6, 6.07) is 0. The van der Waals surface area contributed by atoms with Crippen LogP contribution in [-0.4, -0.2) is 43.8 Å². The van der Waals surface area contributed by atoms with E-state index in [0.29, 0.717) is 0 Å². The number of rotatable bonds is 0. The van der Waals surface area contributed by atoms with Crippen LogP contribution in [0.5, 0.6) is 0 Å². The quantitative estimate of drug-likeness (QED) is 0.332. The minimum atomic E-state index is 0. The average Bonchev–Trinajstić information content (AvgIpc) is 0. The molecule has 0 rings (SSSR count). The molecule has 0 fully saturated rings. The van der Waals surface area contributed by atoms with E-state index >= 15 is 0 Å². The van der Waals surface area contributed by atoms with E-state index in [1.54, 1.807) is 0 Å². The fraction of sp³-hybridized carbons (Fsp3) is 0. The Bertz CT molecular complexity index is 4.53. The molecule has 0 aliphatic heterocycles. The van der Waals surface area contributed by atoms with Crippen molar-refractivity contribution in [1.29, 1.82) is 0 Å². The maximum Gasteiger partial charge on any atom is 0 e. The Hall–Kier alpha value is 0.174. The van der Waals surface area contributed by atoms with E-state index in [4.69, 9.17) is 0 Å². The van der Waals surface area contributed by atoms with E-state index in [0.717, 1.165) is 0 Å². The van der Waals surface area contributed by atoms with E-state index in [2.05, 4.69) is 0 Å². The third-order valence-corrected chi connectivity index (χ3v) is 0. The van der Waals surface area contributed by atoms with Gasteiger partial charge in [0.2, 0.25) is 0 Å². The van der Waals surface area contributed by atoms with Crippen LogP contribution in [-0.2, 0) is 16.5 Å². The fourth-order valence-corrected chi connectivity index (χ4v) is 0. The molecule has 0 aromatic carbocycles. The Labute approximate surface area is 61.3 Å². The van der Waals surface area contributed by atoms with Gasteiger partial charge in [0, 0.05) is 16.5 Å². The Morgan fingerprint density at radius 3 is 0.222 bits per heavy atom. The van der Waals surface area contributed by atoms with Gasteiger partial charge in [-0.1, -0.05) is 0 Å². The average molecular weight is 203 g/mol. The van der Waals surface area contributed by atoms with Crippen molar-refractivity contribution < 1.29 is 60.3 Å². The second kappa shape index (κ2) is 14000. The van der Waals surface area contributed by atoms with Crippen molar-refractivity contribution in [1.82, 2.24) is 0 Å². The van der Waals surface area contributed by atoms with Gasteiger partial charge in [-0.3, -0.25) is 0 Å². The minimum Gasteiger partial charge on any atom is -0.412 e. The second-order valence-corrected chi connectivity index (χ2v) is 0. The SMILES string of the molecule is O.O.O.O.O.O.O.O.[Ni]. The third-order valence-electron chi connectivity index (χ3n) is 0. The molecule has 0 aliphatic carbocycles. The fourth-order valence-electron chi connectivity index (χ4n) is 0. The van der Waals surface area contributed by atoms with Gasteiger partial charge in [-0.25, -0.2) is 0 Å². The third kappa shape index (κ3) is 10300. The molecule has 0 saturated heterocycles.